The van der Waals surface area contributed by atoms with Crippen molar-refractivity contribution in [2.75, 3.05) is 42.1 Å². The number of anilines is 2. The molecule has 0 radical (unpaired) electrons. The van der Waals surface area contributed by atoms with Gasteiger partial charge in [0.15, 0.2) is 5.16 Å². The highest BCUT2D eigenvalue weighted by Crippen LogP contribution is 2.25. The number of thioether (sulfide) groups is 1. The predicted octanol–water partition coefficient (Wildman–Crippen LogP) is 3.40. The summed E-state index contributed by atoms with van der Waals surface area (Å²) < 4.78 is 0. The fourth-order valence-electron chi connectivity index (χ4n) is 4.28. The maximum absolute atomic E-state index is 12.8. The molecule has 2 saturated heterocycles. The van der Waals surface area contributed by atoms with Crippen LogP contribution < -0.4 is 20.9 Å². The minimum Gasteiger partial charge on any atom is -0.354 e. The van der Waals surface area contributed by atoms with Crippen LogP contribution in [0.15, 0.2) is 35.5 Å². The first-order chi connectivity index (χ1) is 17.8. The van der Waals surface area contributed by atoms with Gasteiger partial charge in [0.05, 0.1) is 5.75 Å². The van der Waals surface area contributed by atoms with Gasteiger partial charge in [-0.2, -0.15) is 0 Å². The van der Waals surface area contributed by atoms with Crippen LogP contribution in [0.2, 0.25) is 10.2 Å². The van der Waals surface area contributed by atoms with Crippen LogP contribution in [0.1, 0.15) is 26.2 Å². The van der Waals surface area contributed by atoms with Gasteiger partial charge in [-0.25, -0.2) is 14.8 Å². The zero-order chi connectivity index (χ0) is 26.4. The number of carbonyl (C=O) groups excluding carboxylic acids is 3. The number of halogens is 2. The van der Waals surface area contributed by atoms with E-state index in [4.69, 9.17) is 23.2 Å². The third-order valence-corrected chi connectivity index (χ3v) is 7.43. The van der Waals surface area contributed by atoms with Crippen molar-refractivity contribution in [2.45, 2.75) is 43.4 Å². The summed E-state index contributed by atoms with van der Waals surface area (Å²) in [6.07, 6.45) is 2.41. The summed E-state index contributed by atoms with van der Waals surface area (Å²) in [5.74, 6) is 0.293. The summed E-state index contributed by atoms with van der Waals surface area (Å²) in [6.45, 7) is 4.21. The van der Waals surface area contributed by atoms with Gasteiger partial charge >= 0.3 is 6.03 Å². The number of nitrogens with one attached hydrogen (secondary N) is 3. The van der Waals surface area contributed by atoms with Crippen molar-refractivity contribution in [1.82, 2.24) is 25.5 Å². The van der Waals surface area contributed by atoms with Crippen molar-refractivity contribution in [3.05, 3.63) is 40.5 Å². The van der Waals surface area contributed by atoms with Crippen molar-refractivity contribution in [2.24, 2.45) is 0 Å². The standard InChI is InChI=1S/C24H29Cl2N7O3S/c1-15-13-32(9-10-33(15)24(36)28-17-6-4-5-16(25)11-17)20-12-19(26)30-23(31-20)37-14-21(34)29-18-7-2-3-8-27-22(18)35/h4-6,11-12,15,18H,2-3,7-10,13-14H2,1H3,(H,27,35)(H,28,36)(H,29,34)/t15-,18+/m1/s1. The van der Waals surface area contributed by atoms with Crippen LogP contribution in [0.3, 0.4) is 0 Å². The Kier molecular flexibility index (Phi) is 9.33. The molecular weight excluding hydrogens is 537 g/mol. The Morgan fingerprint density at radius 2 is 2.03 bits per heavy atom. The van der Waals surface area contributed by atoms with Crippen LogP contribution in [0.4, 0.5) is 16.3 Å². The third-order valence-electron chi connectivity index (χ3n) is 6.15. The Hall–Kier alpha value is -2.76. The van der Waals surface area contributed by atoms with E-state index in [1.165, 1.54) is 0 Å². The number of aromatic nitrogens is 2. The molecule has 13 heteroatoms. The van der Waals surface area contributed by atoms with Gasteiger partial charge in [0.2, 0.25) is 11.8 Å². The fraction of sp³-hybridized carbons (Fsp3) is 0.458. The van der Waals surface area contributed by atoms with Crippen LogP contribution in [0.5, 0.6) is 0 Å². The molecule has 0 bridgehead atoms. The van der Waals surface area contributed by atoms with Gasteiger partial charge in [0, 0.05) is 49.0 Å². The molecule has 2 atom stereocenters. The van der Waals surface area contributed by atoms with E-state index in [9.17, 15) is 14.4 Å². The van der Waals surface area contributed by atoms with Gasteiger partial charge in [-0.1, -0.05) is 41.0 Å². The van der Waals surface area contributed by atoms with Gasteiger partial charge in [-0.05, 0) is 44.4 Å². The molecule has 3 N–H and O–H groups in total. The minimum atomic E-state index is -0.514. The molecule has 3 heterocycles. The topological polar surface area (TPSA) is 120 Å². The smallest absolute Gasteiger partial charge is 0.322 e. The van der Waals surface area contributed by atoms with Gasteiger partial charge < -0.3 is 25.8 Å². The molecular formula is C24H29Cl2N7O3S. The Morgan fingerprint density at radius 1 is 1.19 bits per heavy atom. The van der Waals surface area contributed by atoms with Crippen LogP contribution in [-0.2, 0) is 9.59 Å². The molecule has 0 saturated carbocycles. The third kappa shape index (κ3) is 7.62. The molecule has 4 amide bonds. The summed E-state index contributed by atoms with van der Waals surface area (Å²) in [4.78, 5) is 50.0. The summed E-state index contributed by atoms with van der Waals surface area (Å²) >= 11 is 13.4. The van der Waals surface area contributed by atoms with Crippen molar-refractivity contribution < 1.29 is 14.4 Å². The Labute approximate surface area is 229 Å². The predicted molar refractivity (Wildman–Crippen MR) is 145 cm³/mol. The lowest BCUT2D eigenvalue weighted by atomic mass is 10.1. The average Bonchev–Trinajstić information content (AvgIpc) is 3.06. The number of amides is 4. The first-order valence-electron chi connectivity index (χ1n) is 12.1. The molecule has 0 aliphatic carbocycles. The van der Waals surface area contributed by atoms with E-state index >= 15 is 0 Å². The molecule has 1 aromatic carbocycles. The lowest BCUT2D eigenvalue weighted by Crippen LogP contribution is -2.55. The first-order valence-corrected chi connectivity index (χ1v) is 13.9. The maximum Gasteiger partial charge on any atom is 0.322 e. The molecule has 10 nitrogen and oxygen atoms in total. The number of piperazine rings is 1. The summed E-state index contributed by atoms with van der Waals surface area (Å²) in [6, 6.07) is 7.91. The summed E-state index contributed by atoms with van der Waals surface area (Å²) in [7, 11) is 0. The highest BCUT2D eigenvalue weighted by atomic mass is 35.5. The summed E-state index contributed by atoms with van der Waals surface area (Å²) in [5.41, 5.74) is 0.639. The number of urea groups is 1. The van der Waals surface area contributed by atoms with E-state index < -0.39 is 6.04 Å². The largest absolute Gasteiger partial charge is 0.354 e. The van der Waals surface area contributed by atoms with E-state index in [-0.39, 0.29) is 34.8 Å². The molecule has 0 spiro atoms. The first kappa shape index (κ1) is 27.3. The number of rotatable bonds is 6. The highest BCUT2D eigenvalue weighted by molar-refractivity contribution is 7.99. The molecule has 2 aliphatic heterocycles. The average molecular weight is 567 g/mol. The lowest BCUT2D eigenvalue weighted by molar-refractivity contribution is -0.127. The quantitative estimate of drug-likeness (QED) is 0.279. The van der Waals surface area contributed by atoms with E-state index in [1.807, 2.05) is 11.8 Å². The van der Waals surface area contributed by atoms with Crippen molar-refractivity contribution in [1.29, 1.82) is 0 Å². The van der Waals surface area contributed by atoms with E-state index in [0.717, 1.165) is 24.6 Å². The van der Waals surface area contributed by atoms with Gasteiger partial charge in [-0.3, -0.25) is 9.59 Å². The fourth-order valence-corrected chi connectivity index (χ4v) is 5.37. The van der Waals surface area contributed by atoms with Crippen LogP contribution in [-0.4, -0.2) is 76.7 Å². The van der Waals surface area contributed by atoms with E-state index in [0.29, 0.717) is 54.3 Å². The number of nitrogens with zero attached hydrogens (tertiary/aromatic N) is 4. The van der Waals surface area contributed by atoms with Gasteiger partial charge in [-0.15, -0.1) is 0 Å². The molecule has 4 rings (SSSR count). The van der Waals surface area contributed by atoms with E-state index in [2.05, 4.69) is 25.9 Å². The Bertz CT molecular complexity index is 1160. The zero-order valence-electron chi connectivity index (χ0n) is 20.4. The minimum absolute atomic E-state index is 0.0669. The normalized spacial score (nSPS) is 20.1. The van der Waals surface area contributed by atoms with Crippen LogP contribution >= 0.6 is 35.0 Å². The number of hydrogen-bond acceptors (Lipinski definition) is 7. The second-order valence-corrected chi connectivity index (χ2v) is 10.7. The Morgan fingerprint density at radius 3 is 2.81 bits per heavy atom. The van der Waals surface area contributed by atoms with E-state index in [1.54, 1.807) is 35.2 Å². The highest BCUT2D eigenvalue weighted by Gasteiger charge is 2.29. The molecule has 0 unspecified atom stereocenters. The molecule has 37 heavy (non-hydrogen) atoms. The number of benzene rings is 1. The molecule has 1 aromatic heterocycles. The van der Waals surface area contributed by atoms with Gasteiger partial charge in [0.1, 0.15) is 17.0 Å². The van der Waals surface area contributed by atoms with Crippen molar-refractivity contribution in [3.8, 4) is 0 Å². The Balaban J connectivity index is 1.32. The van der Waals surface area contributed by atoms with Crippen LogP contribution in [0, 0.1) is 0 Å². The van der Waals surface area contributed by atoms with Gasteiger partial charge in [0.25, 0.3) is 0 Å². The van der Waals surface area contributed by atoms with Crippen molar-refractivity contribution >= 4 is 64.3 Å². The van der Waals surface area contributed by atoms with Crippen molar-refractivity contribution in [3.63, 3.8) is 0 Å². The molecule has 2 aliphatic rings. The second kappa shape index (κ2) is 12.7. The maximum atomic E-state index is 12.8. The lowest BCUT2D eigenvalue weighted by Gasteiger charge is -2.40. The zero-order valence-corrected chi connectivity index (χ0v) is 22.7. The monoisotopic (exact) mass is 565 g/mol. The SMILES string of the molecule is C[C@@H]1CN(c2cc(Cl)nc(SCC(=O)N[C@H]3CCCCNC3=O)n2)CCN1C(=O)Nc1cccc(Cl)c1. The van der Waals surface area contributed by atoms with Crippen LogP contribution in [0.25, 0.3) is 0 Å². The molecule has 2 fully saturated rings. The number of carbonyl (C=O) groups is 3. The molecule has 2 aromatic rings. The summed E-state index contributed by atoms with van der Waals surface area (Å²) in [5, 5.41) is 9.69. The number of hydrogen-bond donors (Lipinski definition) is 3. The second-order valence-electron chi connectivity index (χ2n) is 8.96. The molecule has 198 valence electrons.